The van der Waals surface area contributed by atoms with E-state index in [1.807, 2.05) is 0 Å². The number of amides is 1. The fourth-order valence-electron chi connectivity index (χ4n) is 1.17. The fraction of sp³-hybridized carbons (Fsp3) is 0.400. The van der Waals surface area contributed by atoms with Crippen molar-refractivity contribution in [3.63, 3.8) is 0 Å². The topological polar surface area (TPSA) is 51.2 Å². The Bertz CT molecular complexity index is 391. The summed E-state index contributed by atoms with van der Waals surface area (Å²) in [5.74, 6) is -1.09. The maximum Gasteiger partial charge on any atom is 0.255 e. The molecule has 1 aliphatic carbocycles. The number of carbonyl (C=O) groups is 1. The van der Waals surface area contributed by atoms with Gasteiger partial charge in [-0.05, 0) is 12.8 Å². The number of hydrogen-bond donors (Lipinski definition) is 1. The Labute approximate surface area is 86.5 Å². The first-order valence-electron chi connectivity index (χ1n) is 4.74. The van der Waals surface area contributed by atoms with E-state index in [1.165, 1.54) is 19.4 Å². The van der Waals surface area contributed by atoms with Gasteiger partial charge in [0, 0.05) is 13.2 Å². The summed E-state index contributed by atoms with van der Waals surface area (Å²) in [5, 5.41) is 2.34. The molecule has 0 aliphatic heterocycles. The van der Waals surface area contributed by atoms with Crippen LogP contribution in [-0.4, -0.2) is 24.0 Å². The number of halogens is 1. The first-order valence-corrected chi connectivity index (χ1v) is 4.74. The Morgan fingerprint density at radius 3 is 2.93 bits per heavy atom. The van der Waals surface area contributed by atoms with Gasteiger partial charge in [0.05, 0.1) is 17.9 Å². The lowest BCUT2D eigenvalue weighted by Crippen LogP contribution is -2.20. The second-order valence-electron chi connectivity index (χ2n) is 3.40. The van der Waals surface area contributed by atoms with Gasteiger partial charge in [-0.2, -0.15) is 0 Å². The second-order valence-corrected chi connectivity index (χ2v) is 3.40. The van der Waals surface area contributed by atoms with Gasteiger partial charge in [0.2, 0.25) is 0 Å². The van der Waals surface area contributed by atoms with Crippen LogP contribution < -0.4 is 10.1 Å². The van der Waals surface area contributed by atoms with Gasteiger partial charge in [-0.1, -0.05) is 0 Å². The predicted octanol–water partition coefficient (Wildman–Crippen LogP) is 1.12. The van der Waals surface area contributed by atoms with Crippen molar-refractivity contribution in [2.24, 2.45) is 0 Å². The first kappa shape index (κ1) is 9.89. The van der Waals surface area contributed by atoms with Gasteiger partial charge < -0.3 is 10.1 Å². The molecule has 1 aromatic heterocycles. The summed E-state index contributed by atoms with van der Waals surface area (Å²) in [6.45, 7) is 0. The van der Waals surface area contributed by atoms with Gasteiger partial charge in [-0.25, -0.2) is 4.39 Å². The van der Waals surface area contributed by atoms with E-state index < -0.39 is 11.7 Å². The molecule has 0 bridgehead atoms. The zero-order valence-electron chi connectivity index (χ0n) is 8.29. The molecular formula is C10H11FN2O2. The number of nitrogens with one attached hydrogen (secondary N) is 1. The molecule has 0 atom stereocenters. The molecule has 1 N–H and O–H groups in total. The molecule has 1 heterocycles. The van der Waals surface area contributed by atoms with Gasteiger partial charge in [0.1, 0.15) is 0 Å². The Morgan fingerprint density at radius 2 is 2.33 bits per heavy atom. The minimum Gasteiger partial charge on any atom is -0.486 e. The van der Waals surface area contributed by atoms with Gasteiger partial charge in [-0.15, -0.1) is 0 Å². The second kappa shape index (κ2) is 3.84. The molecule has 0 radical (unpaired) electrons. The number of pyridine rings is 1. The number of nitrogens with zero attached hydrogens (tertiary/aromatic N) is 1. The quantitative estimate of drug-likeness (QED) is 0.813. The van der Waals surface area contributed by atoms with Crippen LogP contribution in [0.15, 0.2) is 12.4 Å². The van der Waals surface area contributed by atoms with E-state index in [9.17, 15) is 9.18 Å². The minimum absolute atomic E-state index is 0.0543. The largest absolute Gasteiger partial charge is 0.486 e. The standard InChI is InChI=1S/C10H11FN2O2/c1-12-10(14)7-4-13-5-8(9(7)11)15-6-2-3-6/h4-6H,2-3H2,1H3,(H,12,14). The number of hydrogen-bond acceptors (Lipinski definition) is 3. The van der Waals surface area contributed by atoms with E-state index >= 15 is 0 Å². The Hall–Kier alpha value is -1.65. The highest BCUT2D eigenvalue weighted by Gasteiger charge is 2.26. The Balaban J connectivity index is 2.27. The van der Waals surface area contributed by atoms with Crippen LogP contribution in [0.25, 0.3) is 0 Å². The normalized spacial score (nSPS) is 14.8. The zero-order valence-corrected chi connectivity index (χ0v) is 8.29. The summed E-state index contributed by atoms with van der Waals surface area (Å²) in [7, 11) is 1.44. The maximum atomic E-state index is 13.7. The molecule has 80 valence electrons. The molecule has 1 saturated carbocycles. The van der Waals surface area contributed by atoms with Crippen LogP contribution in [0.4, 0.5) is 4.39 Å². The van der Waals surface area contributed by atoms with Crippen molar-refractivity contribution in [1.82, 2.24) is 10.3 Å². The SMILES string of the molecule is CNC(=O)c1cncc(OC2CC2)c1F. The predicted molar refractivity (Wildman–Crippen MR) is 51.2 cm³/mol. The third kappa shape index (κ3) is 2.06. The van der Waals surface area contributed by atoms with Crippen molar-refractivity contribution in [2.75, 3.05) is 7.05 Å². The molecule has 5 heteroatoms. The average Bonchev–Trinajstić information content (AvgIpc) is 3.04. The molecule has 1 aromatic rings. The molecule has 1 fully saturated rings. The molecule has 0 spiro atoms. The van der Waals surface area contributed by atoms with E-state index in [2.05, 4.69) is 10.3 Å². The number of rotatable bonds is 3. The Kier molecular flexibility index (Phi) is 2.53. The number of carbonyl (C=O) groups excluding carboxylic acids is 1. The van der Waals surface area contributed by atoms with E-state index in [0.29, 0.717) is 0 Å². The fourth-order valence-corrected chi connectivity index (χ4v) is 1.17. The van der Waals surface area contributed by atoms with Gasteiger partial charge in [-0.3, -0.25) is 9.78 Å². The molecule has 0 unspecified atom stereocenters. The van der Waals surface area contributed by atoms with Gasteiger partial charge in [0.15, 0.2) is 11.6 Å². The van der Waals surface area contributed by atoms with Crippen LogP contribution >= 0.6 is 0 Å². The molecule has 2 rings (SSSR count). The summed E-state index contributed by atoms with van der Waals surface area (Å²) in [6.07, 6.45) is 4.43. The molecule has 1 amide bonds. The van der Waals surface area contributed by atoms with E-state index in [-0.39, 0.29) is 17.4 Å². The van der Waals surface area contributed by atoms with Crippen LogP contribution in [0.2, 0.25) is 0 Å². The lowest BCUT2D eigenvalue weighted by Gasteiger charge is -2.07. The summed E-state index contributed by atoms with van der Waals surface area (Å²) < 4.78 is 18.9. The van der Waals surface area contributed by atoms with Crippen molar-refractivity contribution in [2.45, 2.75) is 18.9 Å². The van der Waals surface area contributed by atoms with Crippen LogP contribution in [0.3, 0.4) is 0 Å². The van der Waals surface area contributed by atoms with E-state index in [0.717, 1.165) is 12.8 Å². The molecule has 1 aliphatic rings. The smallest absolute Gasteiger partial charge is 0.255 e. The monoisotopic (exact) mass is 210 g/mol. The van der Waals surface area contributed by atoms with Gasteiger partial charge >= 0.3 is 0 Å². The molecule has 0 aromatic carbocycles. The summed E-state index contributed by atoms with van der Waals surface area (Å²) >= 11 is 0. The Morgan fingerprint density at radius 1 is 1.60 bits per heavy atom. The lowest BCUT2D eigenvalue weighted by atomic mass is 10.2. The van der Waals surface area contributed by atoms with Gasteiger partial charge in [0.25, 0.3) is 5.91 Å². The van der Waals surface area contributed by atoms with Crippen LogP contribution in [-0.2, 0) is 0 Å². The minimum atomic E-state index is -0.642. The molecule has 4 nitrogen and oxygen atoms in total. The average molecular weight is 210 g/mol. The summed E-state index contributed by atoms with van der Waals surface area (Å²) in [4.78, 5) is 15.0. The highest BCUT2D eigenvalue weighted by atomic mass is 19.1. The lowest BCUT2D eigenvalue weighted by molar-refractivity contribution is 0.0957. The van der Waals surface area contributed by atoms with Crippen molar-refractivity contribution in [1.29, 1.82) is 0 Å². The number of aromatic nitrogens is 1. The van der Waals surface area contributed by atoms with E-state index in [4.69, 9.17) is 4.74 Å². The van der Waals surface area contributed by atoms with Crippen LogP contribution in [0.5, 0.6) is 5.75 Å². The van der Waals surface area contributed by atoms with Crippen molar-refractivity contribution in [3.8, 4) is 5.75 Å². The maximum absolute atomic E-state index is 13.7. The number of ether oxygens (including phenoxy) is 1. The molecular weight excluding hydrogens is 199 g/mol. The zero-order chi connectivity index (χ0) is 10.8. The highest BCUT2D eigenvalue weighted by molar-refractivity contribution is 5.94. The highest BCUT2D eigenvalue weighted by Crippen LogP contribution is 2.28. The van der Waals surface area contributed by atoms with Crippen molar-refractivity contribution >= 4 is 5.91 Å². The summed E-state index contributed by atoms with van der Waals surface area (Å²) in [6, 6.07) is 0. The van der Waals surface area contributed by atoms with Crippen LogP contribution in [0, 0.1) is 5.82 Å². The first-order chi connectivity index (χ1) is 7.22. The summed E-state index contributed by atoms with van der Waals surface area (Å²) in [5.41, 5.74) is -0.0874. The van der Waals surface area contributed by atoms with Crippen LogP contribution in [0.1, 0.15) is 23.2 Å². The van der Waals surface area contributed by atoms with Crippen molar-refractivity contribution < 1.29 is 13.9 Å². The third-order valence-electron chi connectivity index (χ3n) is 2.14. The van der Waals surface area contributed by atoms with E-state index in [1.54, 1.807) is 0 Å². The molecule has 15 heavy (non-hydrogen) atoms. The third-order valence-corrected chi connectivity index (χ3v) is 2.14. The molecule has 0 saturated heterocycles. The van der Waals surface area contributed by atoms with Crippen molar-refractivity contribution in [3.05, 3.63) is 23.8 Å².